The molecular weight excluding hydrogens is 326 g/mol. The highest BCUT2D eigenvalue weighted by atomic mass is 16.5. The predicted molar refractivity (Wildman–Crippen MR) is 105 cm³/mol. The van der Waals surface area contributed by atoms with Crippen LogP contribution in [0.25, 0.3) is 0 Å². The van der Waals surface area contributed by atoms with Gasteiger partial charge in [0.2, 0.25) is 5.91 Å². The Bertz CT molecular complexity index is 769. The zero-order chi connectivity index (χ0) is 17.9. The quantitative estimate of drug-likeness (QED) is 0.920. The first-order valence-corrected chi connectivity index (χ1v) is 9.28. The van der Waals surface area contributed by atoms with E-state index < -0.39 is 0 Å². The number of nitrogens with zero attached hydrogens (tertiary/aromatic N) is 2. The Morgan fingerprint density at radius 3 is 2.62 bits per heavy atom. The maximum absolute atomic E-state index is 12.5. The number of hydrogen-bond donors (Lipinski definition) is 1. The molecule has 1 N–H and O–H groups in total. The van der Waals surface area contributed by atoms with E-state index in [1.807, 2.05) is 18.2 Å². The topological polar surface area (TPSA) is 44.8 Å². The second-order valence-electron chi connectivity index (χ2n) is 7.00. The zero-order valence-corrected chi connectivity index (χ0v) is 15.1. The van der Waals surface area contributed by atoms with Gasteiger partial charge in [0.25, 0.3) is 0 Å². The summed E-state index contributed by atoms with van der Waals surface area (Å²) in [4.78, 5) is 17.0. The molecule has 2 heterocycles. The lowest BCUT2D eigenvalue weighted by Crippen LogP contribution is -2.37. The molecule has 136 valence electrons. The van der Waals surface area contributed by atoms with Crippen molar-refractivity contribution in [3.05, 3.63) is 54.1 Å². The van der Waals surface area contributed by atoms with E-state index >= 15 is 0 Å². The van der Waals surface area contributed by atoms with Crippen molar-refractivity contribution in [3.63, 3.8) is 0 Å². The van der Waals surface area contributed by atoms with E-state index in [9.17, 15) is 4.79 Å². The summed E-state index contributed by atoms with van der Waals surface area (Å²) in [5.74, 6) is 0.0210. The summed E-state index contributed by atoms with van der Waals surface area (Å²) in [6.07, 6.45) is 0.998. The third kappa shape index (κ3) is 3.53. The normalized spacial score (nSPS) is 19.3. The van der Waals surface area contributed by atoms with Gasteiger partial charge in [-0.1, -0.05) is 18.2 Å². The minimum atomic E-state index is 0.0210. The van der Waals surface area contributed by atoms with Gasteiger partial charge in [0, 0.05) is 36.2 Å². The number of rotatable bonds is 4. The fraction of sp³-hybridized carbons (Fsp3) is 0.381. The molecule has 1 amide bonds. The molecule has 0 spiro atoms. The number of morpholine rings is 1. The molecule has 1 fully saturated rings. The second kappa shape index (κ2) is 7.38. The lowest BCUT2D eigenvalue weighted by Gasteiger charge is -2.29. The number of hydrogen-bond acceptors (Lipinski definition) is 4. The Balaban J connectivity index is 1.37. The van der Waals surface area contributed by atoms with Gasteiger partial charge in [-0.15, -0.1) is 0 Å². The molecule has 2 aromatic carbocycles. The third-order valence-corrected chi connectivity index (χ3v) is 5.19. The van der Waals surface area contributed by atoms with Gasteiger partial charge in [-0.25, -0.2) is 0 Å². The van der Waals surface area contributed by atoms with Gasteiger partial charge in [0.15, 0.2) is 0 Å². The summed E-state index contributed by atoms with van der Waals surface area (Å²) in [6.45, 7) is 5.92. The predicted octanol–water partition coefficient (Wildman–Crippen LogP) is 2.91. The third-order valence-electron chi connectivity index (χ3n) is 5.19. The van der Waals surface area contributed by atoms with Crippen molar-refractivity contribution in [2.75, 3.05) is 48.0 Å². The van der Waals surface area contributed by atoms with Crippen LogP contribution in [-0.2, 0) is 16.0 Å². The molecule has 0 unspecified atom stereocenters. The maximum Gasteiger partial charge on any atom is 0.243 e. The van der Waals surface area contributed by atoms with Gasteiger partial charge in [-0.3, -0.25) is 4.79 Å². The van der Waals surface area contributed by atoms with Crippen molar-refractivity contribution < 1.29 is 9.53 Å². The van der Waals surface area contributed by atoms with Crippen molar-refractivity contribution in [1.29, 1.82) is 0 Å². The van der Waals surface area contributed by atoms with E-state index in [1.165, 1.54) is 16.9 Å². The van der Waals surface area contributed by atoms with E-state index in [2.05, 4.69) is 52.4 Å². The SMILES string of the molecule is C[C@@H]1Cc2ccccc2N1CC(=O)Nc1ccc(N2CCOCC2)cc1. The van der Waals surface area contributed by atoms with Gasteiger partial charge in [0.05, 0.1) is 19.8 Å². The molecule has 2 aliphatic rings. The number of amides is 1. The highest BCUT2D eigenvalue weighted by Gasteiger charge is 2.27. The van der Waals surface area contributed by atoms with Crippen LogP contribution >= 0.6 is 0 Å². The average Bonchev–Trinajstić information content (AvgIpc) is 2.98. The largest absolute Gasteiger partial charge is 0.378 e. The molecule has 0 radical (unpaired) electrons. The minimum Gasteiger partial charge on any atom is -0.378 e. The first-order valence-electron chi connectivity index (χ1n) is 9.28. The molecular formula is C21H25N3O2. The fourth-order valence-corrected chi connectivity index (χ4v) is 3.80. The number of benzene rings is 2. The molecule has 0 aliphatic carbocycles. The summed E-state index contributed by atoms with van der Waals surface area (Å²) in [6, 6.07) is 16.8. The van der Waals surface area contributed by atoms with E-state index in [0.717, 1.165) is 38.4 Å². The molecule has 2 aromatic rings. The molecule has 1 atom stereocenters. The minimum absolute atomic E-state index is 0.0210. The van der Waals surface area contributed by atoms with Gasteiger partial charge < -0.3 is 19.9 Å². The summed E-state index contributed by atoms with van der Waals surface area (Å²) in [5, 5.41) is 3.03. The van der Waals surface area contributed by atoms with Crippen LogP contribution in [0.15, 0.2) is 48.5 Å². The molecule has 26 heavy (non-hydrogen) atoms. The van der Waals surface area contributed by atoms with E-state index in [-0.39, 0.29) is 5.91 Å². The molecule has 1 saturated heterocycles. The van der Waals surface area contributed by atoms with Crippen molar-refractivity contribution in [1.82, 2.24) is 0 Å². The summed E-state index contributed by atoms with van der Waals surface area (Å²) >= 11 is 0. The Labute approximate surface area is 154 Å². The Morgan fingerprint density at radius 1 is 1.12 bits per heavy atom. The van der Waals surface area contributed by atoms with Crippen LogP contribution in [0.4, 0.5) is 17.1 Å². The summed E-state index contributed by atoms with van der Waals surface area (Å²) in [7, 11) is 0. The van der Waals surface area contributed by atoms with Crippen molar-refractivity contribution >= 4 is 23.0 Å². The van der Waals surface area contributed by atoms with Crippen LogP contribution in [0.1, 0.15) is 12.5 Å². The molecule has 5 nitrogen and oxygen atoms in total. The molecule has 0 bridgehead atoms. The van der Waals surface area contributed by atoms with Crippen LogP contribution in [0.5, 0.6) is 0 Å². The zero-order valence-electron chi connectivity index (χ0n) is 15.1. The highest BCUT2D eigenvalue weighted by Crippen LogP contribution is 2.31. The maximum atomic E-state index is 12.5. The number of carbonyl (C=O) groups is 1. The Hall–Kier alpha value is -2.53. The summed E-state index contributed by atoms with van der Waals surface area (Å²) < 4.78 is 5.39. The molecule has 4 rings (SSSR count). The summed E-state index contributed by atoms with van der Waals surface area (Å²) in [5.41, 5.74) is 4.51. The second-order valence-corrected chi connectivity index (χ2v) is 7.00. The number of nitrogens with one attached hydrogen (secondary N) is 1. The first kappa shape index (κ1) is 16.9. The number of para-hydroxylation sites is 1. The van der Waals surface area contributed by atoms with E-state index in [1.54, 1.807) is 0 Å². The lowest BCUT2D eigenvalue weighted by molar-refractivity contribution is -0.115. The molecule has 5 heteroatoms. The van der Waals surface area contributed by atoms with E-state index in [0.29, 0.717) is 12.6 Å². The van der Waals surface area contributed by atoms with Gasteiger partial charge in [0.1, 0.15) is 0 Å². The Kier molecular flexibility index (Phi) is 4.80. The molecule has 0 saturated carbocycles. The fourth-order valence-electron chi connectivity index (χ4n) is 3.80. The standard InChI is InChI=1S/C21H25N3O2/c1-16-14-17-4-2-3-5-20(17)24(16)15-21(25)22-18-6-8-19(9-7-18)23-10-12-26-13-11-23/h2-9,16H,10-15H2,1H3,(H,22,25)/t16-/m1/s1. The van der Waals surface area contributed by atoms with Crippen molar-refractivity contribution in [2.24, 2.45) is 0 Å². The first-order chi connectivity index (χ1) is 12.7. The van der Waals surface area contributed by atoms with Crippen molar-refractivity contribution in [3.8, 4) is 0 Å². The molecule has 2 aliphatic heterocycles. The highest BCUT2D eigenvalue weighted by molar-refractivity contribution is 5.94. The van der Waals surface area contributed by atoms with Gasteiger partial charge in [-0.2, -0.15) is 0 Å². The monoisotopic (exact) mass is 351 g/mol. The molecule has 0 aromatic heterocycles. The van der Waals surface area contributed by atoms with Crippen LogP contribution in [0.3, 0.4) is 0 Å². The number of anilines is 3. The van der Waals surface area contributed by atoms with E-state index in [4.69, 9.17) is 4.74 Å². The van der Waals surface area contributed by atoms with Crippen molar-refractivity contribution in [2.45, 2.75) is 19.4 Å². The smallest absolute Gasteiger partial charge is 0.243 e. The average molecular weight is 351 g/mol. The van der Waals surface area contributed by atoms with Gasteiger partial charge in [-0.05, 0) is 49.2 Å². The van der Waals surface area contributed by atoms with Gasteiger partial charge >= 0.3 is 0 Å². The van der Waals surface area contributed by atoms with Crippen LogP contribution in [-0.4, -0.2) is 44.8 Å². The number of carbonyl (C=O) groups excluding carboxylic acids is 1. The number of ether oxygens (including phenoxy) is 1. The van der Waals surface area contributed by atoms with Crippen LogP contribution in [0.2, 0.25) is 0 Å². The number of fused-ring (bicyclic) bond motifs is 1. The van der Waals surface area contributed by atoms with Crippen LogP contribution in [0, 0.1) is 0 Å². The van der Waals surface area contributed by atoms with Crippen LogP contribution < -0.4 is 15.1 Å². The lowest BCUT2D eigenvalue weighted by atomic mass is 10.1. The Morgan fingerprint density at radius 2 is 1.85 bits per heavy atom.